The van der Waals surface area contributed by atoms with Crippen molar-refractivity contribution in [2.45, 2.75) is 31.3 Å². The molecule has 1 amide bonds. The lowest BCUT2D eigenvalue weighted by atomic mass is 10.0. The number of rotatable bonds is 6. The maximum absolute atomic E-state index is 12.8. The molecule has 0 radical (unpaired) electrons. The minimum atomic E-state index is -0.254. The second-order valence-corrected chi connectivity index (χ2v) is 6.15. The van der Waals surface area contributed by atoms with E-state index in [0.717, 1.165) is 37.3 Å². The molecule has 1 saturated heterocycles. The highest BCUT2D eigenvalue weighted by Crippen LogP contribution is 2.12. The number of benzene rings is 2. The van der Waals surface area contributed by atoms with Crippen LogP contribution in [0.5, 0.6) is 0 Å². The standard InChI is InChI=1S/C20H24N2O2/c23-20(22-17-9-5-2-6-10-17)19(15-16-7-3-1-4-8-16)21-18-11-13-24-14-12-18/h1-10,18-19,21H,11-15H2,(H,22,23)/t19-/m1/s1. The molecule has 0 bridgehead atoms. The molecule has 2 aromatic rings. The quantitative estimate of drug-likeness (QED) is 0.859. The van der Waals surface area contributed by atoms with E-state index in [-0.39, 0.29) is 11.9 Å². The van der Waals surface area contributed by atoms with Gasteiger partial charge in [0.05, 0.1) is 6.04 Å². The van der Waals surface area contributed by atoms with Crippen molar-refractivity contribution in [3.8, 4) is 0 Å². The van der Waals surface area contributed by atoms with E-state index in [1.165, 1.54) is 0 Å². The predicted octanol–water partition coefficient (Wildman–Crippen LogP) is 3.01. The van der Waals surface area contributed by atoms with Crippen molar-refractivity contribution in [3.63, 3.8) is 0 Å². The Morgan fingerprint density at radius 3 is 2.29 bits per heavy atom. The second-order valence-electron chi connectivity index (χ2n) is 6.15. The van der Waals surface area contributed by atoms with E-state index >= 15 is 0 Å². The Bertz CT molecular complexity index is 625. The molecule has 1 heterocycles. The van der Waals surface area contributed by atoms with Crippen LogP contribution in [0.3, 0.4) is 0 Å². The first-order valence-electron chi connectivity index (χ1n) is 8.55. The molecule has 1 fully saturated rings. The van der Waals surface area contributed by atoms with Gasteiger partial charge in [-0.15, -0.1) is 0 Å². The first-order valence-corrected chi connectivity index (χ1v) is 8.55. The van der Waals surface area contributed by atoms with Crippen LogP contribution in [0.4, 0.5) is 5.69 Å². The molecule has 2 aromatic carbocycles. The van der Waals surface area contributed by atoms with Gasteiger partial charge in [0.2, 0.25) is 5.91 Å². The molecule has 0 aliphatic carbocycles. The molecule has 3 rings (SSSR count). The van der Waals surface area contributed by atoms with Crippen LogP contribution in [0.2, 0.25) is 0 Å². The highest BCUT2D eigenvalue weighted by molar-refractivity contribution is 5.95. The van der Waals surface area contributed by atoms with Gasteiger partial charge in [-0.1, -0.05) is 48.5 Å². The van der Waals surface area contributed by atoms with Gasteiger partial charge in [0, 0.05) is 24.9 Å². The molecule has 0 saturated carbocycles. The number of hydrogen-bond acceptors (Lipinski definition) is 3. The maximum Gasteiger partial charge on any atom is 0.241 e. The van der Waals surface area contributed by atoms with Gasteiger partial charge in [0.1, 0.15) is 0 Å². The Hall–Kier alpha value is -2.17. The molecule has 4 nitrogen and oxygen atoms in total. The lowest BCUT2D eigenvalue weighted by Crippen LogP contribution is -2.48. The van der Waals surface area contributed by atoms with Gasteiger partial charge in [-0.05, 0) is 37.0 Å². The molecule has 0 unspecified atom stereocenters. The molecule has 24 heavy (non-hydrogen) atoms. The topological polar surface area (TPSA) is 50.4 Å². The number of carbonyl (C=O) groups excluding carboxylic acids is 1. The van der Waals surface area contributed by atoms with Crippen molar-refractivity contribution in [2.24, 2.45) is 0 Å². The maximum atomic E-state index is 12.8. The normalized spacial score (nSPS) is 16.5. The minimum absolute atomic E-state index is 0.0107. The van der Waals surface area contributed by atoms with Gasteiger partial charge in [0.15, 0.2) is 0 Å². The largest absolute Gasteiger partial charge is 0.381 e. The van der Waals surface area contributed by atoms with Crippen molar-refractivity contribution in [1.82, 2.24) is 5.32 Å². The Labute approximate surface area is 143 Å². The Kier molecular flexibility index (Phi) is 5.99. The summed E-state index contributed by atoms with van der Waals surface area (Å²) < 4.78 is 5.42. The van der Waals surface area contributed by atoms with Crippen LogP contribution in [0.15, 0.2) is 60.7 Å². The van der Waals surface area contributed by atoms with Crippen LogP contribution in [-0.2, 0) is 16.0 Å². The summed E-state index contributed by atoms with van der Waals surface area (Å²) in [4.78, 5) is 12.8. The summed E-state index contributed by atoms with van der Waals surface area (Å²) in [6.45, 7) is 1.52. The molecule has 1 aliphatic rings. The van der Waals surface area contributed by atoms with Crippen LogP contribution in [0.25, 0.3) is 0 Å². The molecular weight excluding hydrogens is 300 g/mol. The molecule has 4 heteroatoms. The fourth-order valence-electron chi connectivity index (χ4n) is 2.98. The van der Waals surface area contributed by atoms with Crippen molar-refractivity contribution < 1.29 is 9.53 Å². The third kappa shape index (κ3) is 4.91. The van der Waals surface area contributed by atoms with Crippen molar-refractivity contribution in [1.29, 1.82) is 0 Å². The fraction of sp³-hybridized carbons (Fsp3) is 0.350. The predicted molar refractivity (Wildman–Crippen MR) is 96.0 cm³/mol. The lowest BCUT2D eigenvalue weighted by Gasteiger charge is -2.28. The third-order valence-electron chi connectivity index (χ3n) is 4.30. The van der Waals surface area contributed by atoms with E-state index in [2.05, 4.69) is 22.8 Å². The summed E-state index contributed by atoms with van der Waals surface area (Å²) in [6, 6.07) is 19.8. The molecule has 1 aliphatic heterocycles. The van der Waals surface area contributed by atoms with E-state index in [9.17, 15) is 4.79 Å². The Balaban J connectivity index is 1.69. The number of para-hydroxylation sites is 1. The van der Waals surface area contributed by atoms with E-state index in [1.54, 1.807) is 0 Å². The van der Waals surface area contributed by atoms with Gasteiger partial charge in [-0.3, -0.25) is 4.79 Å². The van der Waals surface area contributed by atoms with Crippen molar-refractivity contribution in [2.75, 3.05) is 18.5 Å². The number of nitrogens with one attached hydrogen (secondary N) is 2. The highest BCUT2D eigenvalue weighted by Gasteiger charge is 2.24. The van der Waals surface area contributed by atoms with E-state index < -0.39 is 0 Å². The number of amides is 1. The zero-order valence-electron chi connectivity index (χ0n) is 13.8. The summed E-state index contributed by atoms with van der Waals surface area (Å²) in [6.07, 6.45) is 2.57. The smallest absolute Gasteiger partial charge is 0.241 e. The molecule has 126 valence electrons. The monoisotopic (exact) mass is 324 g/mol. The van der Waals surface area contributed by atoms with Gasteiger partial charge < -0.3 is 15.4 Å². The Morgan fingerprint density at radius 1 is 1.00 bits per heavy atom. The fourth-order valence-corrected chi connectivity index (χ4v) is 2.98. The van der Waals surface area contributed by atoms with E-state index in [1.807, 2.05) is 48.5 Å². The molecule has 1 atom stereocenters. The molecule has 0 spiro atoms. The second kappa shape index (κ2) is 8.62. The number of anilines is 1. The highest BCUT2D eigenvalue weighted by atomic mass is 16.5. The van der Waals surface area contributed by atoms with Crippen LogP contribution in [-0.4, -0.2) is 31.2 Å². The minimum Gasteiger partial charge on any atom is -0.381 e. The summed E-state index contributed by atoms with van der Waals surface area (Å²) in [5, 5.41) is 6.55. The van der Waals surface area contributed by atoms with Gasteiger partial charge in [-0.2, -0.15) is 0 Å². The van der Waals surface area contributed by atoms with Crippen LogP contribution in [0, 0.1) is 0 Å². The van der Waals surface area contributed by atoms with Gasteiger partial charge in [0.25, 0.3) is 0 Å². The number of carbonyl (C=O) groups is 1. The van der Waals surface area contributed by atoms with E-state index in [0.29, 0.717) is 12.5 Å². The van der Waals surface area contributed by atoms with E-state index in [4.69, 9.17) is 4.74 Å². The molecular formula is C20H24N2O2. The SMILES string of the molecule is O=C(Nc1ccccc1)[C@@H](Cc1ccccc1)NC1CCOCC1. The number of hydrogen-bond donors (Lipinski definition) is 2. The number of ether oxygens (including phenoxy) is 1. The average Bonchev–Trinajstić information content (AvgIpc) is 2.64. The molecule has 0 aromatic heterocycles. The lowest BCUT2D eigenvalue weighted by molar-refractivity contribution is -0.118. The Morgan fingerprint density at radius 2 is 1.62 bits per heavy atom. The van der Waals surface area contributed by atoms with Gasteiger partial charge >= 0.3 is 0 Å². The van der Waals surface area contributed by atoms with Crippen molar-refractivity contribution >= 4 is 11.6 Å². The first-order chi connectivity index (χ1) is 11.8. The van der Waals surface area contributed by atoms with Crippen molar-refractivity contribution in [3.05, 3.63) is 66.2 Å². The van der Waals surface area contributed by atoms with Crippen LogP contribution < -0.4 is 10.6 Å². The average molecular weight is 324 g/mol. The zero-order chi connectivity index (χ0) is 16.6. The third-order valence-corrected chi connectivity index (χ3v) is 4.30. The van der Waals surface area contributed by atoms with Crippen LogP contribution >= 0.6 is 0 Å². The summed E-state index contributed by atoms with van der Waals surface area (Å²) in [5.74, 6) is 0.0107. The summed E-state index contributed by atoms with van der Waals surface area (Å²) in [7, 11) is 0. The first kappa shape index (κ1) is 16.7. The van der Waals surface area contributed by atoms with Gasteiger partial charge in [-0.25, -0.2) is 0 Å². The summed E-state index contributed by atoms with van der Waals surface area (Å²) >= 11 is 0. The summed E-state index contributed by atoms with van der Waals surface area (Å²) in [5.41, 5.74) is 1.99. The molecule has 2 N–H and O–H groups in total. The van der Waals surface area contributed by atoms with Crippen LogP contribution in [0.1, 0.15) is 18.4 Å². The zero-order valence-corrected chi connectivity index (χ0v) is 13.8.